The van der Waals surface area contributed by atoms with E-state index in [4.69, 9.17) is 9.73 Å². The van der Waals surface area contributed by atoms with Crippen LogP contribution in [0.5, 0.6) is 0 Å². The van der Waals surface area contributed by atoms with Gasteiger partial charge in [0.2, 0.25) is 0 Å². The van der Waals surface area contributed by atoms with Crippen molar-refractivity contribution < 1.29 is 4.74 Å². The lowest BCUT2D eigenvalue weighted by molar-refractivity contribution is -0.0174. The summed E-state index contributed by atoms with van der Waals surface area (Å²) < 4.78 is 7.45. The molecule has 0 aromatic carbocycles. The molecule has 2 unspecified atom stereocenters. The van der Waals surface area contributed by atoms with E-state index in [1.54, 1.807) is 0 Å². The minimum absolute atomic E-state index is 0.435. The Morgan fingerprint density at radius 2 is 2.16 bits per heavy atom. The van der Waals surface area contributed by atoms with Crippen LogP contribution in [0.25, 0.3) is 0 Å². The number of aromatic nitrogens is 2. The number of ether oxygens (including phenoxy) is 1. The third-order valence-electron chi connectivity index (χ3n) is 4.95. The maximum atomic E-state index is 5.53. The first-order chi connectivity index (χ1) is 11.9. The van der Waals surface area contributed by atoms with Crippen LogP contribution in [0.2, 0.25) is 0 Å². The van der Waals surface area contributed by atoms with Gasteiger partial charge < -0.3 is 15.4 Å². The monoisotopic (exact) mass is 350 g/mol. The highest BCUT2D eigenvalue weighted by atomic mass is 16.5. The molecule has 0 aliphatic carbocycles. The third kappa shape index (κ3) is 5.19. The van der Waals surface area contributed by atoms with Crippen LogP contribution in [-0.4, -0.2) is 65.6 Å². The molecule has 0 saturated carbocycles. The average Bonchev–Trinajstić information content (AvgIpc) is 2.83. The highest BCUT2D eigenvalue weighted by Crippen LogP contribution is 2.13. The van der Waals surface area contributed by atoms with Gasteiger partial charge in [0.1, 0.15) is 0 Å². The van der Waals surface area contributed by atoms with Gasteiger partial charge in [-0.25, -0.2) is 4.99 Å². The number of aryl methyl sites for hydroxylation is 2. The van der Waals surface area contributed by atoms with Crippen molar-refractivity contribution in [3.05, 3.63) is 17.0 Å². The Bertz CT molecular complexity index is 582. The van der Waals surface area contributed by atoms with Crippen LogP contribution in [0.4, 0.5) is 0 Å². The van der Waals surface area contributed by atoms with E-state index in [0.29, 0.717) is 18.6 Å². The summed E-state index contributed by atoms with van der Waals surface area (Å²) in [6.07, 6.45) is 0. The number of nitrogens with zero attached hydrogens (tertiary/aromatic N) is 4. The SMILES string of the molecule is CCNC(=NCc1c(C)nn(C)c1C)NCC(C)N1CCOCC1C. The van der Waals surface area contributed by atoms with Gasteiger partial charge >= 0.3 is 0 Å². The molecule has 2 rings (SSSR count). The molecule has 0 bridgehead atoms. The zero-order valence-corrected chi connectivity index (χ0v) is 16.6. The summed E-state index contributed by atoms with van der Waals surface area (Å²) in [4.78, 5) is 7.25. The number of hydrogen-bond donors (Lipinski definition) is 2. The molecule has 1 aromatic rings. The molecule has 2 heterocycles. The zero-order valence-electron chi connectivity index (χ0n) is 16.6. The van der Waals surface area contributed by atoms with Crippen molar-refractivity contribution in [3.63, 3.8) is 0 Å². The van der Waals surface area contributed by atoms with Crippen molar-refractivity contribution in [2.24, 2.45) is 12.0 Å². The largest absolute Gasteiger partial charge is 0.379 e. The van der Waals surface area contributed by atoms with Gasteiger partial charge in [-0.15, -0.1) is 0 Å². The van der Waals surface area contributed by atoms with Crippen LogP contribution in [0.1, 0.15) is 37.7 Å². The first-order valence-corrected chi connectivity index (χ1v) is 9.28. The summed E-state index contributed by atoms with van der Waals surface area (Å²) in [5.41, 5.74) is 3.43. The third-order valence-corrected chi connectivity index (χ3v) is 4.95. The number of nitrogens with one attached hydrogen (secondary N) is 2. The summed E-state index contributed by atoms with van der Waals surface area (Å²) in [7, 11) is 1.98. The quantitative estimate of drug-likeness (QED) is 0.596. The number of morpholine rings is 1. The summed E-state index contributed by atoms with van der Waals surface area (Å²) in [5, 5.41) is 11.3. The van der Waals surface area contributed by atoms with Gasteiger partial charge in [0.15, 0.2) is 5.96 Å². The second-order valence-electron chi connectivity index (χ2n) is 6.86. The van der Waals surface area contributed by atoms with Crippen LogP contribution in [-0.2, 0) is 18.3 Å². The molecule has 1 saturated heterocycles. The standard InChI is InChI=1S/C18H34N6O/c1-7-19-18(21-11-17-15(4)22-23(6)16(17)5)20-10-13(2)24-8-9-25-12-14(24)3/h13-14H,7-12H2,1-6H3,(H2,19,20,21). The van der Waals surface area contributed by atoms with Gasteiger partial charge in [-0.2, -0.15) is 5.10 Å². The molecule has 1 aliphatic rings. The van der Waals surface area contributed by atoms with Gasteiger partial charge in [0.25, 0.3) is 0 Å². The van der Waals surface area contributed by atoms with Crippen LogP contribution >= 0.6 is 0 Å². The fraction of sp³-hybridized carbons (Fsp3) is 0.778. The number of aliphatic imine (C=N–C) groups is 1. The maximum Gasteiger partial charge on any atom is 0.191 e. The van der Waals surface area contributed by atoms with Crippen molar-refractivity contribution in [1.82, 2.24) is 25.3 Å². The molecule has 25 heavy (non-hydrogen) atoms. The fourth-order valence-corrected chi connectivity index (χ4v) is 3.30. The summed E-state index contributed by atoms with van der Waals surface area (Å²) in [6, 6.07) is 0.899. The number of guanidine groups is 1. The molecule has 7 nitrogen and oxygen atoms in total. The smallest absolute Gasteiger partial charge is 0.191 e. The fourth-order valence-electron chi connectivity index (χ4n) is 3.30. The van der Waals surface area contributed by atoms with E-state index in [1.165, 1.54) is 11.3 Å². The van der Waals surface area contributed by atoms with Crippen LogP contribution in [0.3, 0.4) is 0 Å². The summed E-state index contributed by atoms with van der Waals surface area (Å²) in [5.74, 6) is 0.859. The van der Waals surface area contributed by atoms with Gasteiger partial charge in [0.05, 0.1) is 25.5 Å². The molecule has 0 amide bonds. The zero-order chi connectivity index (χ0) is 18.4. The second kappa shape index (κ2) is 9.20. The molecule has 0 spiro atoms. The molecule has 1 fully saturated rings. The Morgan fingerprint density at radius 1 is 1.40 bits per heavy atom. The Hall–Kier alpha value is -1.60. The molecule has 2 N–H and O–H groups in total. The Labute approximate surface area is 151 Å². The Kier molecular flexibility index (Phi) is 7.25. The minimum Gasteiger partial charge on any atom is -0.379 e. The Morgan fingerprint density at radius 3 is 2.76 bits per heavy atom. The predicted molar refractivity (Wildman–Crippen MR) is 102 cm³/mol. The van der Waals surface area contributed by atoms with Crippen molar-refractivity contribution in [2.75, 3.05) is 32.8 Å². The molecule has 1 aromatic heterocycles. The number of hydrogen-bond acceptors (Lipinski definition) is 4. The predicted octanol–water partition coefficient (Wildman–Crippen LogP) is 1.20. The van der Waals surface area contributed by atoms with E-state index in [1.807, 2.05) is 18.7 Å². The summed E-state index contributed by atoms with van der Waals surface area (Å²) in [6.45, 7) is 15.7. The minimum atomic E-state index is 0.435. The molecule has 1 aliphatic heterocycles. The maximum absolute atomic E-state index is 5.53. The normalized spacial score (nSPS) is 20.6. The van der Waals surface area contributed by atoms with Crippen LogP contribution in [0, 0.1) is 13.8 Å². The van der Waals surface area contributed by atoms with Crippen molar-refractivity contribution in [1.29, 1.82) is 0 Å². The van der Waals surface area contributed by atoms with E-state index < -0.39 is 0 Å². The van der Waals surface area contributed by atoms with E-state index >= 15 is 0 Å². The lowest BCUT2D eigenvalue weighted by Crippen LogP contribution is -2.53. The lowest BCUT2D eigenvalue weighted by atomic mass is 10.2. The van der Waals surface area contributed by atoms with E-state index in [2.05, 4.69) is 48.3 Å². The molecule has 0 radical (unpaired) electrons. The first kappa shape index (κ1) is 19.7. The highest BCUT2D eigenvalue weighted by molar-refractivity contribution is 5.79. The Balaban J connectivity index is 1.95. The molecule has 142 valence electrons. The van der Waals surface area contributed by atoms with E-state index in [9.17, 15) is 0 Å². The van der Waals surface area contributed by atoms with Gasteiger partial charge in [-0.05, 0) is 34.6 Å². The summed E-state index contributed by atoms with van der Waals surface area (Å²) >= 11 is 0. The molecular formula is C18H34N6O. The second-order valence-corrected chi connectivity index (χ2v) is 6.86. The number of rotatable bonds is 6. The van der Waals surface area contributed by atoms with Crippen LogP contribution in [0.15, 0.2) is 4.99 Å². The first-order valence-electron chi connectivity index (χ1n) is 9.28. The van der Waals surface area contributed by atoms with E-state index in [0.717, 1.165) is 44.5 Å². The molecular weight excluding hydrogens is 316 g/mol. The van der Waals surface area contributed by atoms with Gasteiger partial charge in [-0.1, -0.05) is 0 Å². The van der Waals surface area contributed by atoms with E-state index in [-0.39, 0.29) is 0 Å². The average molecular weight is 351 g/mol. The lowest BCUT2D eigenvalue weighted by Gasteiger charge is -2.38. The highest BCUT2D eigenvalue weighted by Gasteiger charge is 2.23. The van der Waals surface area contributed by atoms with Crippen molar-refractivity contribution in [2.45, 2.75) is 53.2 Å². The molecule has 7 heteroatoms. The van der Waals surface area contributed by atoms with Gasteiger partial charge in [0, 0.05) is 50.0 Å². The molecule has 2 atom stereocenters. The van der Waals surface area contributed by atoms with Crippen LogP contribution < -0.4 is 10.6 Å². The van der Waals surface area contributed by atoms with Crippen molar-refractivity contribution >= 4 is 5.96 Å². The topological polar surface area (TPSA) is 66.7 Å². The van der Waals surface area contributed by atoms with Gasteiger partial charge in [-0.3, -0.25) is 9.58 Å². The van der Waals surface area contributed by atoms with Crippen molar-refractivity contribution in [3.8, 4) is 0 Å².